The number of aromatic nitrogens is 3. The number of hydrogen-bond acceptors (Lipinski definition) is 9. The summed E-state index contributed by atoms with van der Waals surface area (Å²) in [6.45, 7) is 5.84. The van der Waals surface area contributed by atoms with E-state index in [0.717, 1.165) is 28.4 Å². The Hall–Kier alpha value is -3.15. The first kappa shape index (κ1) is 22.1. The van der Waals surface area contributed by atoms with Crippen LogP contribution in [0.1, 0.15) is 49.3 Å². The van der Waals surface area contributed by atoms with Crippen LogP contribution in [0.25, 0.3) is 10.2 Å². The first-order chi connectivity index (χ1) is 15.5. The van der Waals surface area contributed by atoms with E-state index >= 15 is 0 Å². The van der Waals surface area contributed by atoms with Crippen molar-refractivity contribution in [1.29, 1.82) is 5.41 Å². The van der Waals surface area contributed by atoms with E-state index in [1.807, 2.05) is 13.8 Å². The summed E-state index contributed by atoms with van der Waals surface area (Å²) in [5.41, 5.74) is 3.96. The van der Waals surface area contributed by atoms with Gasteiger partial charge in [0.2, 0.25) is 0 Å². The molecule has 5 N–H and O–H groups in total. The van der Waals surface area contributed by atoms with E-state index in [1.165, 1.54) is 24.3 Å². The van der Waals surface area contributed by atoms with E-state index in [-0.39, 0.29) is 17.8 Å². The van der Waals surface area contributed by atoms with E-state index in [1.54, 1.807) is 41.8 Å². The number of nitrogens with two attached hydrogens (primary N) is 1. The van der Waals surface area contributed by atoms with Crippen LogP contribution >= 0.6 is 11.3 Å². The van der Waals surface area contributed by atoms with Crippen molar-refractivity contribution < 1.29 is 4.79 Å². The van der Waals surface area contributed by atoms with Gasteiger partial charge in [-0.05, 0) is 51.3 Å². The van der Waals surface area contributed by atoms with Gasteiger partial charge in [0.25, 0.3) is 5.91 Å². The molecule has 0 unspecified atom stereocenters. The summed E-state index contributed by atoms with van der Waals surface area (Å²) in [4.78, 5) is 28.5. The van der Waals surface area contributed by atoms with Crippen LogP contribution in [-0.4, -0.2) is 50.8 Å². The zero-order chi connectivity index (χ0) is 22.7. The monoisotopic (exact) mass is 453 g/mol. The van der Waals surface area contributed by atoms with Crippen molar-refractivity contribution in [2.24, 2.45) is 5.84 Å². The topological polar surface area (TPSA) is 136 Å². The third-order valence-corrected chi connectivity index (χ3v) is 6.33. The minimum absolute atomic E-state index is 0.0438. The van der Waals surface area contributed by atoms with Gasteiger partial charge in [0.15, 0.2) is 11.0 Å². The number of nitrogens with zero attached hydrogens (tertiary/aromatic N) is 5. The van der Waals surface area contributed by atoms with Gasteiger partial charge in [0.05, 0.1) is 10.9 Å². The molecule has 0 saturated carbocycles. The summed E-state index contributed by atoms with van der Waals surface area (Å²) in [6, 6.07) is 6.81. The smallest absolute Gasteiger partial charge is 0.275 e. The molecular formula is C21H27N9OS. The van der Waals surface area contributed by atoms with Gasteiger partial charge in [0, 0.05) is 19.1 Å². The quantitative estimate of drug-likeness (QED) is 0.194. The number of pyridine rings is 2. The van der Waals surface area contributed by atoms with Crippen LogP contribution in [0.2, 0.25) is 0 Å². The molecule has 3 aromatic rings. The summed E-state index contributed by atoms with van der Waals surface area (Å²) in [7, 11) is 0. The molecule has 3 aromatic heterocycles. The van der Waals surface area contributed by atoms with E-state index < -0.39 is 0 Å². The lowest BCUT2D eigenvalue weighted by Gasteiger charge is -2.26. The Bertz CT molecular complexity index is 1120. The molecule has 1 fully saturated rings. The van der Waals surface area contributed by atoms with Crippen molar-refractivity contribution in [3.8, 4) is 0 Å². The van der Waals surface area contributed by atoms with Gasteiger partial charge >= 0.3 is 0 Å². The second kappa shape index (κ2) is 9.55. The molecule has 1 amide bonds. The fourth-order valence-corrected chi connectivity index (χ4v) is 4.60. The molecule has 0 aromatic carbocycles. The highest BCUT2D eigenvalue weighted by Gasteiger charge is 2.18. The molecule has 0 bridgehead atoms. The number of amidine groups is 1. The third-order valence-electron chi connectivity index (χ3n) is 5.25. The summed E-state index contributed by atoms with van der Waals surface area (Å²) in [5, 5.41) is 13.6. The molecule has 11 heteroatoms. The standard InChI is InChI=1S/C21H27N9OS/c1-13(2)30(28-23)19(22)14-7-6-8-18(25-14)27-20(31)15-11-17-16(12-24-15)26-21(32-17)29-9-4-3-5-10-29/h6-8,11-13,22,28H,3-5,9-10,23H2,1-2H3,(H,25,27,31). The largest absolute Gasteiger partial charge is 0.348 e. The summed E-state index contributed by atoms with van der Waals surface area (Å²) >= 11 is 1.58. The van der Waals surface area contributed by atoms with Crippen molar-refractivity contribution >= 4 is 44.2 Å². The molecular weight excluding hydrogens is 426 g/mol. The van der Waals surface area contributed by atoms with Crippen molar-refractivity contribution in [1.82, 2.24) is 25.5 Å². The van der Waals surface area contributed by atoms with Crippen LogP contribution in [0.4, 0.5) is 10.9 Å². The lowest BCUT2D eigenvalue weighted by Crippen LogP contribution is -2.51. The maximum Gasteiger partial charge on any atom is 0.275 e. The Balaban J connectivity index is 1.50. The average Bonchev–Trinajstić information content (AvgIpc) is 3.23. The van der Waals surface area contributed by atoms with Crippen LogP contribution in [-0.2, 0) is 0 Å². The van der Waals surface area contributed by atoms with Gasteiger partial charge in [-0.1, -0.05) is 17.4 Å². The number of fused-ring (bicyclic) bond motifs is 1. The maximum absolute atomic E-state index is 12.8. The Labute approximate surface area is 190 Å². The highest BCUT2D eigenvalue weighted by Crippen LogP contribution is 2.30. The Kier molecular flexibility index (Phi) is 6.58. The number of anilines is 2. The minimum Gasteiger partial charge on any atom is -0.348 e. The van der Waals surface area contributed by atoms with Crippen LogP contribution in [0.15, 0.2) is 30.5 Å². The molecule has 0 radical (unpaired) electrons. The maximum atomic E-state index is 12.8. The van der Waals surface area contributed by atoms with Gasteiger partial charge in [-0.25, -0.2) is 15.0 Å². The van der Waals surface area contributed by atoms with Gasteiger partial charge in [-0.3, -0.25) is 21.1 Å². The minimum atomic E-state index is -0.367. The fraction of sp³-hybridized carbons (Fsp3) is 0.381. The first-order valence-electron chi connectivity index (χ1n) is 10.6. The molecule has 1 aliphatic heterocycles. The highest BCUT2D eigenvalue weighted by atomic mass is 32.1. The van der Waals surface area contributed by atoms with Crippen molar-refractivity contribution in [2.75, 3.05) is 23.3 Å². The van der Waals surface area contributed by atoms with Crippen molar-refractivity contribution in [3.63, 3.8) is 0 Å². The number of hydrazine groups is 2. The molecule has 1 saturated heterocycles. The summed E-state index contributed by atoms with van der Waals surface area (Å²) in [6.07, 6.45) is 5.27. The summed E-state index contributed by atoms with van der Waals surface area (Å²) in [5.74, 6) is 5.59. The molecule has 0 aliphatic carbocycles. The molecule has 4 rings (SSSR count). The third kappa shape index (κ3) is 4.69. The van der Waals surface area contributed by atoms with Gasteiger partial charge in [-0.2, -0.15) is 5.53 Å². The number of hydrogen-bond donors (Lipinski definition) is 4. The molecule has 1 aliphatic rings. The van der Waals surface area contributed by atoms with E-state index in [9.17, 15) is 4.79 Å². The Morgan fingerprint density at radius 2 is 2.00 bits per heavy atom. The predicted molar refractivity (Wildman–Crippen MR) is 127 cm³/mol. The normalized spacial score (nSPS) is 14.1. The van der Waals surface area contributed by atoms with Crippen LogP contribution in [0, 0.1) is 5.41 Å². The van der Waals surface area contributed by atoms with E-state index in [4.69, 9.17) is 11.3 Å². The number of carbonyl (C=O) groups is 1. The SMILES string of the molecule is CC(C)N(NN)C(=N)c1cccc(NC(=O)c2cc3sc(N4CCCCC4)nc3cn2)n1. The Morgan fingerprint density at radius 3 is 2.72 bits per heavy atom. The second-order valence-corrected chi connectivity index (χ2v) is 8.89. The number of thiazole rings is 1. The molecule has 168 valence electrons. The highest BCUT2D eigenvalue weighted by molar-refractivity contribution is 7.22. The van der Waals surface area contributed by atoms with E-state index in [0.29, 0.717) is 17.2 Å². The Morgan fingerprint density at radius 1 is 1.22 bits per heavy atom. The first-order valence-corrected chi connectivity index (χ1v) is 11.4. The second-order valence-electron chi connectivity index (χ2n) is 7.89. The molecule has 32 heavy (non-hydrogen) atoms. The fourth-order valence-electron chi connectivity index (χ4n) is 3.58. The number of piperidine rings is 1. The number of nitrogens with one attached hydrogen (secondary N) is 3. The lowest BCUT2D eigenvalue weighted by atomic mass is 10.1. The molecule has 0 atom stereocenters. The number of carbonyl (C=O) groups excluding carboxylic acids is 1. The molecule has 10 nitrogen and oxygen atoms in total. The number of rotatable bonds is 6. The van der Waals surface area contributed by atoms with Crippen LogP contribution < -0.4 is 21.6 Å². The van der Waals surface area contributed by atoms with Crippen LogP contribution in [0.5, 0.6) is 0 Å². The van der Waals surface area contributed by atoms with Gasteiger partial charge in [-0.15, -0.1) is 0 Å². The van der Waals surface area contributed by atoms with Gasteiger partial charge < -0.3 is 10.2 Å². The molecule has 4 heterocycles. The van der Waals surface area contributed by atoms with Crippen molar-refractivity contribution in [3.05, 3.63) is 41.9 Å². The summed E-state index contributed by atoms with van der Waals surface area (Å²) < 4.78 is 0.927. The van der Waals surface area contributed by atoms with Crippen molar-refractivity contribution in [2.45, 2.75) is 39.2 Å². The van der Waals surface area contributed by atoms with Crippen LogP contribution in [0.3, 0.4) is 0 Å². The predicted octanol–water partition coefficient (Wildman–Crippen LogP) is 2.74. The van der Waals surface area contributed by atoms with Gasteiger partial charge in [0.1, 0.15) is 22.7 Å². The van der Waals surface area contributed by atoms with E-state index in [2.05, 4.69) is 30.7 Å². The molecule has 0 spiro atoms. The zero-order valence-corrected chi connectivity index (χ0v) is 18.9. The lowest BCUT2D eigenvalue weighted by molar-refractivity contribution is 0.102. The zero-order valence-electron chi connectivity index (χ0n) is 18.1. The average molecular weight is 454 g/mol. The number of amides is 1.